The molecule has 1 atom stereocenters. The van der Waals surface area contributed by atoms with Gasteiger partial charge in [0.2, 0.25) is 0 Å². The van der Waals surface area contributed by atoms with E-state index in [0.29, 0.717) is 73.4 Å². The van der Waals surface area contributed by atoms with Crippen LogP contribution in [0.3, 0.4) is 0 Å². The Kier molecular flexibility index (Phi) is 9.64. The lowest BCUT2D eigenvalue weighted by Gasteiger charge is -2.23. The van der Waals surface area contributed by atoms with E-state index in [9.17, 15) is 18.4 Å². The number of alkyl halides is 2. The standard InChI is InChI=1S/C27H36F2N4O4S/c1-3-36-13-14-38-32-26(35)24-23-22(31-33(24)12-11-18-7-8-18)16-20(30-25(23)34)10-9-19-5-4-6-21(15-19)37-17-27(2,28)29/h4-6,15,18,20H,3,7-14,16-17H2,1-2H3,(H,30,34)(H,32,35)/t20-/m0/s1. The zero-order valence-electron chi connectivity index (χ0n) is 21.9. The Bertz CT molecular complexity index is 1120. The zero-order chi connectivity index (χ0) is 27.1. The summed E-state index contributed by atoms with van der Waals surface area (Å²) in [5, 5.41) is 7.76. The van der Waals surface area contributed by atoms with Crippen LogP contribution in [0.4, 0.5) is 8.78 Å². The third-order valence-corrected chi connectivity index (χ3v) is 7.26. The topological polar surface area (TPSA) is 94.5 Å². The fourth-order valence-corrected chi connectivity index (χ4v) is 5.00. The number of carbonyl (C=O) groups excluding carboxylic acids is 2. The summed E-state index contributed by atoms with van der Waals surface area (Å²) < 4.78 is 41.3. The molecule has 2 heterocycles. The lowest BCUT2D eigenvalue weighted by atomic mass is 9.95. The van der Waals surface area contributed by atoms with Gasteiger partial charge in [0.25, 0.3) is 17.7 Å². The van der Waals surface area contributed by atoms with E-state index < -0.39 is 12.5 Å². The Labute approximate surface area is 226 Å². The average molecular weight is 551 g/mol. The van der Waals surface area contributed by atoms with E-state index in [1.165, 1.54) is 24.8 Å². The lowest BCUT2D eigenvalue weighted by molar-refractivity contribution is -0.0229. The van der Waals surface area contributed by atoms with Crippen molar-refractivity contribution in [1.29, 1.82) is 0 Å². The van der Waals surface area contributed by atoms with Crippen molar-refractivity contribution in [2.75, 3.05) is 25.6 Å². The van der Waals surface area contributed by atoms with E-state index in [-0.39, 0.29) is 17.9 Å². The maximum Gasteiger partial charge on any atom is 0.280 e. The molecule has 4 rings (SSSR count). The second kappa shape index (κ2) is 12.9. The van der Waals surface area contributed by atoms with Gasteiger partial charge in [-0.25, -0.2) is 8.78 Å². The average Bonchev–Trinajstić information content (AvgIpc) is 3.63. The van der Waals surface area contributed by atoms with Crippen molar-refractivity contribution in [3.63, 3.8) is 0 Å². The summed E-state index contributed by atoms with van der Waals surface area (Å²) in [6.45, 7) is 3.81. The van der Waals surface area contributed by atoms with E-state index in [0.717, 1.165) is 18.9 Å². The summed E-state index contributed by atoms with van der Waals surface area (Å²) in [7, 11) is 0. The Hall–Kier alpha value is -2.66. The van der Waals surface area contributed by atoms with Crippen LogP contribution in [0.15, 0.2) is 24.3 Å². The molecule has 2 N–H and O–H groups in total. The first-order chi connectivity index (χ1) is 18.2. The number of fused-ring (bicyclic) bond motifs is 1. The molecular weight excluding hydrogens is 514 g/mol. The van der Waals surface area contributed by atoms with Gasteiger partial charge in [-0.15, -0.1) is 0 Å². The number of hydrogen-bond donors (Lipinski definition) is 2. The van der Waals surface area contributed by atoms with Crippen LogP contribution in [0, 0.1) is 5.92 Å². The van der Waals surface area contributed by atoms with Crippen molar-refractivity contribution in [3.05, 3.63) is 46.8 Å². The molecule has 38 heavy (non-hydrogen) atoms. The molecule has 11 heteroatoms. The number of hydrogen-bond acceptors (Lipinski definition) is 6. The molecule has 1 aromatic heterocycles. The minimum Gasteiger partial charge on any atom is -0.487 e. The highest BCUT2D eigenvalue weighted by molar-refractivity contribution is 7.97. The predicted molar refractivity (Wildman–Crippen MR) is 142 cm³/mol. The van der Waals surface area contributed by atoms with Crippen LogP contribution in [0.25, 0.3) is 0 Å². The maximum atomic E-state index is 13.2. The van der Waals surface area contributed by atoms with Gasteiger partial charge in [0, 0.05) is 38.3 Å². The van der Waals surface area contributed by atoms with Crippen molar-refractivity contribution < 1.29 is 27.8 Å². The second-order valence-corrected chi connectivity index (χ2v) is 10.9. The van der Waals surface area contributed by atoms with Gasteiger partial charge in [0.1, 0.15) is 11.4 Å². The van der Waals surface area contributed by atoms with Gasteiger partial charge < -0.3 is 14.8 Å². The first-order valence-electron chi connectivity index (χ1n) is 13.2. The molecule has 0 saturated heterocycles. The van der Waals surface area contributed by atoms with Gasteiger partial charge in [-0.1, -0.05) is 25.0 Å². The van der Waals surface area contributed by atoms with Crippen molar-refractivity contribution >= 4 is 23.8 Å². The molecule has 2 amide bonds. The number of carbonyl (C=O) groups is 2. The second-order valence-electron chi connectivity index (χ2n) is 10.0. The largest absolute Gasteiger partial charge is 0.487 e. The number of halogens is 2. The van der Waals surface area contributed by atoms with Crippen molar-refractivity contribution in [2.45, 2.75) is 70.9 Å². The van der Waals surface area contributed by atoms with E-state index >= 15 is 0 Å². The van der Waals surface area contributed by atoms with E-state index in [1.807, 2.05) is 13.0 Å². The summed E-state index contributed by atoms with van der Waals surface area (Å²) in [4.78, 5) is 26.3. The highest BCUT2D eigenvalue weighted by Crippen LogP contribution is 2.33. The SMILES string of the molecule is CCOCCSNC(=O)c1c2c(nn1CCC1CC1)C[C@H](CCc1cccc(OCC(C)(F)F)c1)NC2=O. The summed E-state index contributed by atoms with van der Waals surface area (Å²) in [5.74, 6) is -1.85. The Morgan fingerprint density at radius 3 is 2.87 bits per heavy atom. The van der Waals surface area contributed by atoms with Gasteiger partial charge >= 0.3 is 0 Å². The highest BCUT2D eigenvalue weighted by atomic mass is 32.2. The lowest BCUT2D eigenvalue weighted by Crippen LogP contribution is -2.42. The van der Waals surface area contributed by atoms with Crippen LogP contribution in [0.1, 0.15) is 71.6 Å². The molecule has 0 radical (unpaired) electrons. The molecule has 0 spiro atoms. The highest BCUT2D eigenvalue weighted by Gasteiger charge is 2.34. The Morgan fingerprint density at radius 1 is 1.32 bits per heavy atom. The molecule has 1 fully saturated rings. The number of rotatable bonds is 15. The first-order valence-corrected chi connectivity index (χ1v) is 14.2. The Morgan fingerprint density at radius 2 is 2.13 bits per heavy atom. The number of nitrogens with zero attached hydrogens (tertiary/aromatic N) is 2. The molecule has 8 nitrogen and oxygen atoms in total. The Balaban J connectivity index is 1.41. The normalized spacial score (nSPS) is 17.2. The maximum absolute atomic E-state index is 13.2. The molecule has 0 unspecified atom stereocenters. The number of ether oxygens (including phenoxy) is 2. The monoisotopic (exact) mass is 550 g/mol. The molecule has 2 aliphatic rings. The minimum absolute atomic E-state index is 0.150. The van der Waals surface area contributed by atoms with Gasteiger partial charge in [0.05, 0.1) is 17.9 Å². The van der Waals surface area contributed by atoms with Crippen molar-refractivity contribution in [1.82, 2.24) is 19.8 Å². The molecule has 208 valence electrons. The van der Waals surface area contributed by atoms with Crippen LogP contribution in [-0.4, -0.2) is 59.1 Å². The van der Waals surface area contributed by atoms with Gasteiger partial charge in [-0.05, 0) is 61.7 Å². The summed E-state index contributed by atoms with van der Waals surface area (Å²) in [6, 6.07) is 6.93. The molecule has 2 aromatic rings. The summed E-state index contributed by atoms with van der Waals surface area (Å²) in [5.41, 5.74) is 2.25. The third-order valence-electron chi connectivity index (χ3n) is 6.56. The number of aryl methyl sites for hydroxylation is 2. The fourth-order valence-electron chi connectivity index (χ4n) is 4.46. The number of aromatic nitrogens is 2. The molecule has 1 aliphatic carbocycles. The van der Waals surface area contributed by atoms with Crippen LogP contribution in [0.5, 0.6) is 5.75 Å². The van der Waals surface area contributed by atoms with Crippen molar-refractivity contribution in [3.8, 4) is 5.75 Å². The van der Waals surface area contributed by atoms with E-state index in [4.69, 9.17) is 14.6 Å². The molecule has 0 bridgehead atoms. The quantitative estimate of drug-likeness (QED) is 0.252. The number of amides is 2. The van der Waals surface area contributed by atoms with E-state index in [1.54, 1.807) is 22.9 Å². The first kappa shape index (κ1) is 28.4. The van der Waals surface area contributed by atoms with Crippen LogP contribution < -0.4 is 14.8 Å². The fraction of sp³-hybridized carbons (Fsp3) is 0.593. The van der Waals surface area contributed by atoms with Gasteiger partial charge in [-0.3, -0.25) is 19.0 Å². The smallest absolute Gasteiger partial charge is 0.280 e. The van der Waals surface area contributed by atoms with Gasteiger partial charge in [0.15, 0.2) is 6.61 Å². The number of nitrogens with one attached hydrogen (secondary N) is 2. The van der Waals surface area contributed by atoms with Gasteiger partial charge in [-0.2, -0.15) is 5.10 Å². The minimum atomic E-state index is -2.90. The van der Waals surface area contributed by atoms with Crippen molar-refractivity contribution in [2.24, 2.45) is 5.92 Å². The van der Waals surface area contributed by atoms with Crippen LogP contribution in [0.2, 0.25) is 0 Å². The molecule has 1 saturated carbocycles. The van der Waals surface area contributed by atoms with E-state index in [2.05, 4.69) is 10.0 Å². The molecule has 1 aliphatic heterocycles. The zero-order valence-corrected chi connectivity index (χ0v) is 22.8. The molecular formula is C27H36F2N4O4S. The predicted octanol–water partition coefficient (Wildman–Crippen LogP) is 4.42. The summed E-state index contributed by atoms with van der Waals surface area (Å²) >= 11 is 1.26. The van der Waals surface area contributed by atoms with Crippen LogP contribution in [-0.2, 0) is 24.1 Å². The number of benzene rings is 1. The van der Waals surface area contributed by atoms with Crippen LogP contribution >= 0.6 is 11.9 Å². The third kappa shape index (κ3) is 8.17. The molecule has 1 aromatic carbocycles. The summed E-state index contributed by atoms with van der Waals surface area (Å²) in [6.07, 6.45) is 5.13.